The molecule has 6 heteroatoms. The van der Waals surface area contributed by atoms with Crippen LogP contribution in [0.2, 0.25) is 0 Å². The Morgan fingerprint density at radius 2 is 1.72 bits per heavy atom. The number of aromatic nitrogens is 2. The lowest BCUT2D eigenvalue weighted by atomic mass is 9.67. The third kappa shape index (κ3) is 3.39. The van der Waals surface area contributed by atoms with Gasteiger partial charge in [0.25, 0.3) is 0 Å². The Labute approximate surface area is 172 Å². The molecule has 0 aliphatic carbocycles. The highest BCUT2D eigenvalue weighted by atomic mass is 16.1. The van der Waals surface area contributed by atoms with Gasteiger partial charge in [-0.15, -0.1) is 0 Å². The Hall–Kier alpha value is -2.47. The van der Waals surface area contributed by atoms with E-state index in [-0.39, 0.29) is 5.41 Å². The van der Waals surface area contributed by atoms with Crippen LogP contribution >= 0.6 is 0 Å². The number of hydrogen-bond acceptors (Lipinski definition) is 5. The van der Waals surface area contributed by atoms with Crippen molar-refractivity contribution in [2.75, 3.05) is 42.5 Å². The van der Waals surface area contributed by atoms with Crippen LogP contribution < -0.4 is 9.80 Å². The van der Waals surface area contributed by atoms with Gasteiger partial charge in [-0.25, -0.2) is 4.98 Å². The first kappa shape index (κ1) is 18.6. The van der Waals surface area contributed by atoms with Gasteiger partial charge in [-0.2, -0.15) is 0 Å². The van der Waals surface area contributed by atoms with E-state index in [2.05, 4.69) is 38.0 Å². The number of carbonyl (C=O) groups excluding carboxylic acids is 1. The zero-order chi connectivity index (χ0) is 19.7. The summed E-state index contributed by atoms with van der Waals surface area (Å²) in [5.74, 6) is 1.00. The van der Waals surface area contributed by atoms with Crippen molar-refractivity contribution >= 4 is 17.9 Å². The zero-order valence-electron chi connectivity index (χ0n) is 16.9. The Morgan fingerprint density at radius 1 is 0.966 bits per heavy atom. The van der Waals surface area contributed by atoms with E-state index in [0.717, 1.165) is 57.1 Å². The number of carbonyl (C=O) groups is 1. The van der Waals surface area contributed by atoms with E-state index >= 15 is 0 Å². The monoisotopic (exact) mass is 391 g/mol. The molecule has 0 saturated carbocycles. The number of piperidine rings is 2. The molecule has 0 radical (unpaired) electrons. The van der Waals surface area contributed by atoms with Crippen molar-refractivity contribution in [3.8, 4) is 0 Å². The van der Waals surface area contributed by atoms with Crippen LogP contribution in [0.4, 0.5) is 11.5 Å². The van der Waals surface area contributed by atoms with E-state index in [4.69, 9.17) is 0 Å². The molecule has 2 fully saturated rings. The van der Waals surface area contributed by atoms with Crippen molar-refractivity contribution in [2.24, 2.45) is 0 Å². The molecule has 0 bridgehead atoms. The van der Waals surface area contributed by atoms with E-state index < -0.39 is 0 Å². The number of amides is 1. The SMILES string of the molecule is O=CN1CCC2(CCN(C3CCN(c4cnccn4)CC3)CC2)c2ccccc21. The fourth-order valence-corrected chi connectivity index (χ4v) is 5.62. The Bertz CT molecular complexity index is 841. The van der Waals surface area contributed by atoms with Crippen molar-refractivity contribution < 1.29 is 4.79 Å². The molecule has 1 aromatic carbocycles. The summed E-state index contributed by atoms with van der Waals surface area (Å²) in [6, 6.07) is 9.21. The molecule has 5 rings (SSSR count). The van der Waals surface area contributed by atoms with Gasteiger partial charge < -0.3 is 14.7 Å². The highest BCUT2D eigenvalue weighted by Crippen LogP contribution is 2.46. The molecule has 0 unspecified atom stereocenters. The van der Waals surface area contributed by atoms with Gasteiger partial charge in [0.1, 0.15) is 5.82 Å². The highest BCUT2D eigenvalue weighted by molar-refractivity contribution is 5.79. The average Bonchev–Trinajstić information content (AvgIpc) is 2.81. The van der Waals surface area contributed by atoms with Crippen LogP contribution in [0.1, 0.15) is 37.7 Å². The van der Waals surface area contributed by atoms with Gasteiger partial charge in [-0.1, -0.05) is 18.2 Å². The molecule has 4 heterocycles. The molecule has 6 nitrogen and oxygen atoms in total. The third-order valence-electron chi connectivity index (χ3n) is 7.35. The molecule has 1 amide bonds. The van der Waals surface area contributed by atoms with Crippen molar-refractivity contribution in [1.29, 1.82) is 0 Å². The topological polar surface area (TPSA) is 52.6 Å². The van der Waals surface area contributed by atoms with Crippen LogP contribution in [0.15, 0.2) is 42.9 Å². The minimum absolute atomic E-state index is 0.243. The second-order valence-corrected chi connectivity index (χ2v) is 8.66. The zero-order valence-corrected chi connectivity index (χ0v) is 16.9. The maximum absolute atomic E-state index is 11.5. The summed E-state index contributed by atoms with van der Waals surface area (Å²) >= 11 is 0. The first-order chi connectivity index (χ1) is 14.3. The van der Waals surface area contributed by atoms with Crippen LogP contribution in [-0.2, 0) is 10.2 Å². The van der Waals surface area contributed by atoms with Crippen LogP contribution in [0.5, 0.6) is 0 Å². The van der Waals surface area contributed by atoms with E-state index in [9.17, 15) is 4.79 Å². The van der Waals surface area contributed by atoms with E-state index in [1.807, 2.05) is 17.2 Å². The third-order valence-corrected chi connectivity index (χ3v) is 7.35. The van der Waals surface area contributed by atoms with Gasteiger partial charge in [-0.3, -0.25) is 9.78 Å². The molecule has 3 aliphatic rings. The number of likely N-dealkylation sites (tertiary alicyclic amines) is 1. The number of hydrogen-bond donors (Lipinski definition) is 0. The molecule has 2 saturated heterocycles. The summed E-state index contributed by atoms with van der Waals surface area (Å²) in [7, 11) is 0. The quantitative estimate of drug-likeness (QED) is 0.753. The molecule has 1 aromatic heterocycles. The number of benzene rings is 1. The fraction of sp³-hybridized carbons (Fsp3) is 0.522. The van der Waals surface area contributed by atoms with Crippen molar-refractivity contribution in [2.45, 2.75) is 43.6 Å². The van der Waals surface area contributed by atoms with Gasteiger partial charge in [-0.05, 0) is 56.8 Å². The second-order valence-electron chi connectivity index (χ2n) is 8.66. The van der Waals surface area contributed by atoms with Crippen molar-refractivity contribution in [3.05, 3.63) is 48.4 Å². The standard InChI is InChI=1S/C23H29N5O/c29-18-28-16-9-23(20-3-1-2-4-21(20)28)7-14-26(15-8-23)19-5-12-27(13-6-19)22-17-24-10-11-25-22/h1-4,10-11,17-19H,5-9,12-16H2. The summed E-state index contributed by atoms with van der Waals surface area (Å²) in [5, 5.41) is 0. The molecular weight excluding hydrogens is 362 g/mol. The van der Waals surface area contributed by atoms with Crippen LogP contribution in [0.25, 0.3) is 0 Å². The summed E-state index contributed by atoms with van der Waals surface area (Å²) in [5.41, 5.74) is 2.75. The fourth-order valence-electron chi connectivity index (χ4n) is 5.62. The summed E-state index contributed by atoms with van der Waals surface area (Å²) in [4.78, 5) is 27.1. The molecule has 152 valence electrons. The largest absolute Gasteiger partial charge is 0.355 e. The van der Waals surface area contributed by atoms with Crippen LogP contribution in [0, 0.1) is 0 Å². The number of fused-ring (bicyclic) bond motifs is 2. The maximum Gasteiger partial charge on any atom is 0.214 e. The second kappa shape index (κ2) is 7.75. The minimum Gasteiger partial charge on any atom is -0.355 e. The molecule has 29 heavy (non-hydrogen) atoms. The first-order valence-corrected chi connectivity index (χ1v) is 10.9. The summed E-state index contributed by atoms with van der Waals surface area (Å²) < 4.78 is 0. The van der Waals surface area contributed by atoms with Gasteiger partial charge in [0, 0.05) is 49.2 Å². The summed E-state index contributed by atoms with van der Waals surface area (Å²) in [6.45, 7) is 5.28. The van der Waals surface area contributed by atoms with Crippen LogP contribution in [0.3, 0.4) is 0 Å². The average molecular weight is 392 g/mol. The Morgan fingerprint density at radius 3 is 2.45 bits per heavy atom. The molecule has 2 aromatic rings. The Balaban J connectivity index is 1.23. The maximum atomic E-state index is 11.5. The predicted molar refractivity (Wildman–Crippen MR) is 114 cm³/mol. The molecule has 0 atom stereocenters. The van der Waals surface area contributed by atoms with Crippen molar-refractivity contribution in [3.63, 3.8) is 0 Å². The molecule has 0 N–H and O–H groups in total. The Kier molecular flexibility index (Phi) is 4.96. The molecule has 3 aliphatic heterocycles. The lowest BCUT2D eigenvalue weighted by Gasteiger charge is -2.49. The van der Waals surface area contributed by atoms with Gasteiger partial charge >= 0.3 is 0 Å². The number of anilines is 2. The smallest absolute Gasteiger partial charge is 0.214 e. The van der Waals surface area contributed by atoms with Gasteiger partial charge in [0.2, 0.25) is 6.41 Å². The normalized spacial score (nSPS) is 22.5. The minimum atomic E-state index is 0.243. The number of nitrogens with zero attached hydrogens (tertiary/aromatic N) is 5. The van der Waals surface area contributed by atoms with Gasteiger partial charge in [0.15, 0.2) is 0 Å². The highest BCUT2D eigenvalue weighted by Gasteiger charge is 2.42. The number of rotatable bonds is 3. The van der Waals surface area contributed by atoms with E-state index in [0.29, 0.717) is 6.04 Å². The number of para-hydroxylation sites is 1. The molecular formula is C23H29N5O. The van der Waals surface area contributed by atoms with Crippen molar-refractivity contribution in [1.82, 2.24) is 14.9 Å². The van der Waals surface area contributed by atoms with E-state index in [1.165, 1.54) is 31.2 Å². The summed E-state index contributed by atoms with van der Waals surface area (Å²) in [6.07, 6.45) is 12.2. The first-order valence-electron chi connectivity index (χ1n) is 10.9. The lowest BCUT2D eigenvalue weighted by Crippen LogP contribution is -2.52. The predicted octanol–water partition coefficient (Wildman–Crippen LogP) is 2.85. The van der Waals surface area contributed by atoms with E-state index in [1.54, 1.807) is 12.4 Å². The lowest BCUT2D eigenvalue weighted by molar-refractivity contribution is -0.107. The van der Waals surface area contributed by atoms with Gasteiger partial charge in [0.05, 0.1) is 6.20 Å². The van der Waals surface area contributed by atoms with Crippen LogP contribution in [-0.4, -0.2) is 60.0 Å². The molecule has 1 spiro atoms.